The summed E-state index contributed by atoms with van der Waals surface area (Å²) in [5, 5.41) is 65.5. The molecule has 0 aromatic heterocycles. The van der Waals surface area contributed by atoms with Crippen molar-refractivity contribution in [2.75, 3.05) is 20.3 Å². The van der Waals surface area contributed by atoms with Gasteiger partial charge in [-0.1, -0.05) is 45.9 Å². The van der Waals surface area contributed by atoms with Gasteiger partial charge in [-0.05, 0) is 26.3 Å². The van der Waals surface area contributed by atoms with E-state index >= 15 is 0 Å². The molecule has 0 unspecified atom stereocenters. The van der Waals surface area contributed by atoms with Crippen molar-refractivity contribution in [3.05, 3.63) is 23.8 Å². The molecule has 0 bridgehead atoms. The maximum Gasteiger partial charge on any atom is 0.337 e. The molecule has 1 fully saturated rings. The molecule has 2 aliphatic rings. The molecule has 13 heteroatoms. The van der Waals surface area contributed by atoms with E-state index in [1.807, 2.05) is 13.0 Å². The number of ether oxygens (including phenoxy) is 3. The summed E-state index contributed by atoms with van der Waals surface area (Å²) in [5.74, 6) is -9.00. The highest BCUT2D eigenvalue weighted by Gasteiger charge is 2.63. The normalized spacial score (nSPS) is 42.4. The third kappa shape index (κ3) is 8.14. The molecule has 0 saturated carbocycles. The molecule has 0 amide bonds. The molecule has 0 radical (unpaired) electrons. The number of hydrogen-bond donors (Lipinski definition) is 6. The minimum absolute atomic E-state index is 0.214. The minimum atomic E-state index is -2.98. The van der Waals surface area contributed by atoms with Gasteiger partial charge < -0.3 is 44.8 Å². The number of ketones is 3. The van der Waals surface area contributed by atoms with Gasteiger partial charge in [0.15, 0.2) is 17.5 Å². The predicted octanol–water partition coefficient (Wildman–Crippen LogP) is -0.337. The molecule has 2 heterocycles. The van der Waals surface area contributed by atoms with Crippen LogP contribution < -0.4 is 0 Å². The number of esters is 1. The van der Waals surface area contributed by atoms with Crippen molar-refractivity contribution in [2.24, 2.45) is 29.6 Å². The van der Waals surface area contributed by atoms with E-state index < -0.39 is 114 Å². The third-order valence-electron chi connectivity index (χ3n) is 9.36. The van der Waals surface area contributed by atoms with Crippen molar-refractivity contribution in [1.29, 1.82) is 0 Å². The number of hydrogen-bond acceptors (Lipinski definition) is 13. The van der Waals surface area contributed by atoms with Gasteiger partial charge >= 0.3 is 5.97 Å². The zero-order valence-corrected chi connectivity index (χ0v) is 27.2. The molecule has 6 N–H and O–H groups in total. The number of allylic oxidation sites excluding steroid dienone is 2. The summed E-state index contributed by atoms with van der Waals surface area (Å²) in [6.45, 7) is 8.62. The fraction of sp³-hybridized carbons (Fsp3) is 0.750. The maximum absolute atomic E-state index is 13.9. The number of cyclic esters (lactones) is 1. The predicted molar refractivity (Wildman–Crippen MR) is 159 cm³/mol. The Morgan fingerprint density at radius 2 is 1.69 bits per heavy atom. The molecule has 2 rings (SSSR count). The number of carbonyl (C=O) groups excluding carboxylic acids is 4. The molecular formula is C32H50O13. The lowest BCUT2D eigenvalue weighted by Crippen LogP contribution is -2.59. The van der Waals surface area contributed by atoms with E-state index in [1.165, 1.54) is 40.7 Å². The van der Waals surface area contributed by atoms with Crippen molar-refractivity contribution >= 4 is 23.3 Å². The highest BCUT2D eigenvalue weighted by atomic mass is 16.6. The highest BCUT2D eigenvalue weighted by Crippen LogP contribution is 2.47. The topological polar surface area (TPSA) is 221 Å². The Labute approximate surface area is 263 Å². The van der Waals surface area contributed by atoms with Crippen LogP contribution in [-0.4, -0.2) is 122 Å². The Hall–Kier alpha value is -2.36. The number of aliphatic hydroxyl groups excluding tert-OH is 5. The second-order valence-corrected chi connectivity index (χ2v) is 12.7. The number of rotatable bonds is 6. The van der Waals surface area contributed by atoms with E-state index in [4.69, 9.17) is 14.2 Å². The summed E-state index contributed by atoms with van der Waals surface area (Å²) in [6.07, 6.45) is -5.16. The first-order valence-electron chi connectivity index (χ1n) is 15.2. The number of carbonyl (C=O) groups is 4. The van der Waals surface area contributed by atoms with Crippen LogP contribution in [0.25, 0.3) is 0 Å². The molecule has 13 atom stereocenters. The Morgan fingerprint density at radius 3 is 2.22 bits per heavy atom. The Bertz CT molecular complexity index is 1150. The van der Waals surface area contributed by atoms with Crippen LogP contribution in [0.4, 0.5) is 0 Å². The molecule has 0 aromatic carbocycles. The van der Waals surface area contributed by atoms with Crippen molar-refractivity contribution in [2.45, 2.75) is 103 Å². The summed E-state index contributed by atoms with van der Waals surface area (Å²) in [6, 6.07) is 0. The zero-order valence-electron chi connectivity index (χ0n) is 27.2. The van der Waals surface area contributed by atoms with Gasteiger partial charge in [0.05, 0.1) is 36.9 Å². The largest absolute Gasteiger partial charge is 0.463 e. The average Bonchev–Trinajstić information content (AvgIpc) is 3.71. The number of epoxide rings is 1. The molecule has 13 nitrogen and oxygen atoms in total. The first-order chi connectivity index (χ1) is 20.8. The van der Waals surface area contributed by atoms with Gasteiger partial charge in [-0.15, -0.1) is 0 Å². The minimum Gasteiger partial charge on any atom is -0.463 e. The van der Waals surface area contributed by atoms with Crippen molar-refractivity contribution < 1.29 is 64.0 Å². The van der Waals surface area contributed by atoms with Gasteiger partial charge in [-0.3, -0.25) is 14.4 Å². The van der Waals surface area contributed by atoms with E-state index in [1.54, 1.807) is 13.0 Å². The molecule has 0 spiro atoms. The second-order valence-electron chi connectivity index (χ2n) is 12.7. The Balaban J connectivity index is 2.61. The van der Waals surface area contributed by atoms with Crippen LogP contribution in [0.3, 0.4) is 0 Å². The fourth-order valence-corrected chi connectivity index (χ4v) is 6.15. The van der Waals surface area contributed by atoms with E-state index in [0.29, 0.717) is 0 Å². The van der Waals surface area contributed by atoms with Crippen LogP contribution in [-0.2, 0) is 33.4 Å². The van der Waals surface area contributed by atoms with E-state index in [9.17, 15) is 49.8 Å². The van der Waals surface area contributed by atoms with Crippen LogP contribution in [0.1, 0.15) is 54.9 Å². The van der Waals surface area contributed by atoms with E-state index in [2.05, 4.69) is 0 Å². The van der Waals surface area contributed by atoms with Crippen LogP contribution in [0.15, 0.2) is 23.8 Å². The number of methoxy groups -OCH3 is 1. The molecule has 0 aliphatic carbocycles. The van der Waals surface area contributed by atoms with Gasteiger partial charge in [-0.25, -0.2) is 4.79 Å². The molecule has 2 aliphatic heterocycles. The van der Waals surface area contributed by atoms with Gasteiger partial charge in [0.25, 0.3) is 0 Å². The molecule has 256 valence electrons. The first-order valence-corrected chi connectivity index (χ1v) is 15.2. The van der Waals surface area contributed by atoms with Crippen LogP contribution in [0, 0.1) is 29.6 Å². The average molecular weight is 643 g/mol. The Kier molecular flexibility index (Phi) is 13.4. The summed E-state index contributed by atoms with van der Waals surface area (Å²) < 4.78 is 16.3. The van der Waals surface area contributed by atoms with Gasteiger partial charge in [0, 0.05) is 37.2 Å². The van der Waals surface area contributed by atoms with Crippen molar-refractivity contribution in [3.63, 3.8) is 0 Å². The Morgan fingerprint density at radius 1 is 1.09 bits per heavy atom. The fourth-order valence-electron chi connectivity index (χ4n) is 6.15. The molecular weight excluding hydrogens is 592 g/mol. The summed E-state index contributed by atoms with van der Waals surface area (Å²) in [7, 11) is 1.16. The quantitative estimate of drug-likeness (QED) is 0.124. The number of aliphatic hydroxyl groups is 6. The van der Waals surface area contributed by atoms with E-state index in [0.717, 1.165) is 7.11 Å². The van der Waals surface area contributed by atoms with Crippen LogP contribution in [0.2, 0.25) is 0 Å². The van der Waals surface area contributed by atoms with Crippen LogP contribution >= 0.6 is 0 Å². The number of Topliss-reactive ketones (excluding diaryl/α,β-unsaturated/α-hetero) is 3. The van der Waals surface area contributed by atoms with E-state index in [-0.39, 0.29) is 11.5 Å². The molecule has 0 aromatic rings. The first kappa shape index (κ1) is 38.8. The van der Waals surface area contributed by atoms with Gasteiger partial charge in [0.1, 0.15) is 29.9 Å². The third-order valence-corrected chi connectivity index (χ3v) is 9.36. The lowest BCUT2D eigenvalue weighted by Gasteiger charge is -2.36. The van der Waals surface area contributed by atoms with Gasteiger partial charge in [0.2, 0.25) is 0 Å². The SMILES string of the molecule is C/C=C\[C@H](C)[C@H]1O[C@]1(C)[C@@H](O)[C@H]1COC(=O)[C@H](O)[C@@H](OC)[C@H](C)C(=O)[C@H](C)[C@@H](O)/C(C)=C/[C@H](C)C(=O)C[C@H](O)[C@@](O)(CO)C1=O. The summed E-state index contributed by atoms with van der Waals surface area (Å²) in [5.41, 5.74) is -4.11. The molecule has 1 saturated heterocycles. The standard InChI is InChI=1S/C32H50O13/c1-9-10-15(2)29-31(7,45-29)27(39)20-13-44-30(41)25(38)26(43-8)19(6)24(37)18(5)23(36)17(4)11-16(3)21(34)12-22(35)32(42,14-33)28(20)40/h9-11,15-16,18-20,22-23,25-27,29,33,35-36,38-39,42H,12-14H2,1-8H3/b10-9-,17-11+/t15-,16-,18+,19+,20+,22-,23-,25+,26-,27-,29+,31+,32-/m0/s1. The second kappa shape index (κ2) is 15.5. The van der Waals surface area contributed by atoms with Crippen molar-refractivity contribution in [3.8, 4) is 0 Å². The van der Waals surface area contributed by atoms with Crippen molar-refractivity contribution in [1.82, 2.24) is 0 Å². The molecule has 45 heavy (non-hydrogen) atoms. The lowest BCUT2D eigenvalue weighted by molar-refractivity contribution is -0.177. The van der Waals surface area contributed by atoms with Crippen LogP contribution in [0.5, 0.6) is 0 Å². The maximum atomic E-state index is 13.9. The summed E-state index contributed by atoms with van der Waals surface area (Å²) >= 11 is 0. The lowest BCUT2D eigenvalue weighted by atomic mass is 9.76. The summed E-state index contributed by atoms with van der Waals surface area (Å²) in [4.78, 5) is 53.2. The zero-order chi connectivity index (χ0) is 34.6. The smallest absolute Gasteiger partial charge is 0.337 e. The van der Waals surface area contributed by atoms with Gasteiger partial charge in [-0.2, -0.15) is 0 Å². The highest BCUT2D eigenvalue weighted by molar-refractivity contribution is 5.93. The monoisotopic (exact) mass is 642 g/mol.